The van der Waals surface area contributed by atoms with E-state index in [0.29, 0.717) is 0 Å². The summed E-state index contributed by atoms with van der Waals surface area (Å²) in [4.78, 5) is 0. The van der Waals surface area contributed by atoms with E-state index >= 15 is 0 Å². The number of fused-ring (bicyclic) bond motifs is 7. The molecular formula is C32H22BN. The van der Waals surface area contributed by atoms with Crippen LogP contribution in [0.2, 0.25) is 0 Å². The van der Waals surface area contributed by atoms with E-state index < -0.39 is 0 Å². The Balaban J connectivity index is 1.70. The SMILES string of the molecule is c1ccc(B2c3ccccc3-c3c(n(-c4ccccc4)c4ccccc34)-c3ccccc32)cc1. The van der Waals surface area contributed by atoms with Crippen LogP contribution in [0.15, 0.2) is 133 Å². The normalized spacial score (nSPS) is 12.1. The van der Waals surface area contributed by atoms with Gasteiger partial charge in [-0.05, 0) is 29.3 Å². The Morgan fingerprint density at radius 2 is 1.03 bits per heavy atom. The molecule has 0 radical (unpaired) electrons. The Hall–Kier alpha value is -4.30. The van der Waals surface area contributed by atoms with Crippen molar-refractivity contribution < 1.29 is 0 Å². The Labute approximate surface area is 200 Å². The highest BCUT2D eigenvalue weighted by atomic mass is 15.0. The van der Waals surface area contributed by atoms with Crippen molar-refractivity contribution in [2.75, 3.05) is 0 Å². The highest BCUT2D eigenvalue weighted by Gasteiger charge is 2.34. The summed E-state index contributed by atoms with van der Waals surface area (Å²) in [5.74, 6) is 0. The van der Waals surface area contributed by atoms with E-state index in [0.717, 1.165) is 0 Å². The van der Waals surface area contributed by atoms with Crippen molar-refractivity contribution in [3.05, 3.63) is 133 Å². The molecule has 0 spiro atoms. The molecular weight excluding hydrogens is 409 g/mol. The van der Waals surface area contributed by atoms with E-state index in [2.05, 4.69) is 138 Å². The van der Waals surface area contributed by atoms with Crippen LogP contribution in [-0.4, -0.2) is 11.3 Å². The summed E-state index contributed by atoms with van der Waals surface area (Å²) in [6.45, 7) is 0.170. The summed E-state index contributed by atoms with van der Waals surface area (Å²) >= 11 is 0. The second-order valence-corrected chi connectivity index (χ2v) is 8.93. The molecule has 1 aliphatic rings. The van der Waals surface area contributed by atoms with Gasteiger partial charge in [-0.25, -0.2) is 0 Å². The molecule has 0 saturated heterocycles. The van der Waals surface area contributed by atoms with Gasteiger partial charge >= 0.3 is 0 Å². The van der Waals surface area contributed by atoms with E-state index in [1.165, 1.54) is 55.4 Å². The minimum atomic E-state index is 0.170. The standard InChI is InChI=1S/C32H22BN/c1-3-13-23(14-4-1)33-28-20-10-7-17-25(28)31-27-19-9-12-22-30(27)34(24-15-5-2-6-16-24)32(31)26-18-8-11-21-29(26)33/h1-22H. The maximum Gasteiger partial charge on any atom is 0.242 e. The first kappa shape index (κ1) is 19.2. The van der Waals surface area contributed by atoms with Gasteiger partial charge in [0.15, 0.2) is 0 Å². The molecule has 34 heavy (non-hydrogen) atoms. The third kappa shape index (κ3) is 2.75. The third-order valence-corrected chi connectivity index (χ3v) is 7.09. The fourth-order valence-electron chi connectivity index (χ4n) is 5.73. The van der Waals surface area contributed by atoms with Crippen LogP contribution in [0.25, 0.3) is 39.0 Å². The predicted molar refractivity (Wildman–Crippen MR) is 145 cm³/mol. The van der Waals surface area contributed by atoms with Gasteiger partial charge in [0.2, 0.25) is 6.71 Å². The van der Waals surface area contributed by atoms with Crippen molar-refractivity contribution in [3.8, 4) is 28.1 Å². The van der Waals surface area contributed by atoms with Gasteiger partial charge in [0.1, 0.15) is 0 Å². The molecule has 1 aliphatic heterocycles. The molecule has 5 aromatic carbocycles. The Morgan fingerprint density at radius 3 is 1.79 bits per heavy atom. The van der Waals surface area contributed by atoms with E-state index in [1.807, 2.05) is 0 Å². The molecule has 2 heterocycles. The maximum atomic E-state index is 2.45. The lowest BCUT2D eigenvalue weighted by atomic mass is 9.36. The van der Waals surface area contributed by atoms with Gasteiger partial charge in [0.25, 0.3) is 0 Å². The summed E-state index contributed by atoms with van der Waals surface area (Å²) in [6.07, 6.45) is 0. The number of nitrogens with zero attached hydrogens (tertiary/aromatic N) is 1. The molecule has 7 rings (SSSR count). The first-order chi connectivity index (χ1) is 16.9. The van der Waals surface area contributed by atoms with E-state index in [-0.39, 0.29) is 6.71 Å². The van der Waals surface area contributed by atoms with Crippen molar-refractivity contribution in [3.63, 3.8) is 0 Å². The second kappa shape index (κ2) is 7.64. The van der Waals surface area contributed by atoms with Gasteiger partial charge in [-0.15, -0.1) is 0 Å². The summed E-state index contributed by atoms with van der Waals surface area (Å²) in [5.41, 5.74) is 11.6. The zero-order valence-corrected chi connectivity index (χ0v) is 18.7. The summed E-state index contributed by atoms with van der Waals surface area (Å²) < 4.78 is 2.45. The predicted octanol–water partition coefficient (Wildman–Crippen LogP) is 5.79. The molecule has 6 aromatic rings. The quantitative estimate of drug-likeness (QED) is 0.305. The van der Waals surface area contributed by atoms with E-state index in [1.54, 1.807) is 0 Å². The Bertz CT molecular complexity index is 1650. The highest BCUT2D eigenvalue weighted by Crippen LogP contribution is 2.43. The summed E-state index contributed by atoms with van der Waals surface area (Å²) in [5, 5.41) is 1.29. The van der Waals surface area contributed by atoms with Crippen LogP contribution in [0.4, 0.5) is 0 Å². The van der Waals surface area contributed by atoms with E-state index in [9.17, 15) is 0 Å². The zero-order chi connectivity index (χ0) is 22.5. The molecule has 2 heteroatoms. The number of benzene rings is 5. The van der Waals surface area contributed by atoms with Crippen LogP contribution in [0.3, 0.4) is 0 Å². The molecule has 0 N–H and O–H groups in total. The molecule has 0 amide bonds. The van der Waals surface area contributed by atoms with Crippen LogP contribution < -0.4 is 16.4 Å². The van der Waals surface area contributed by atoms with Crippen LogP contribution in [-0.2, 0) is 0 Å². The maximum absolute atomic E-state index is 2.45. The van der Waals surface area contributed by atoms with Gasteiger partial charge in [-0.2, -0.15) is 0 Å². The van der Waals surface area contributed by atoms with Crippen molar-refractivity contribution >= 4 is 34.0 Å². The smallest absolute Gasteiger partial charge is 0.242 e. The van der Waals surface area contributed by atoms with Crippen molar-refractivity contribution in [2.24, 2.45) is 0 Å². The minimum absolute atomic E-state index is 0.170. The summed E-state index contributed by atoms with van der Waals surface area (Å²) in [6, 6.07) is 48.4. The van der Waals surface area contributed by atoms with Crippen molar-refractivity contribution in [1.82, 2.24) is 4.57 Å². The van der Waals surface area contributed by atoms with Gasteiger partial charge < -0.3 is 4.57 Å². The lowest BCUT2D eigenvalue weighted by Gasteiger charge is -2.19. The van der Waals surface area contributed by atoms with Crippen LogP contribution in [0.5, 0.6) is 0 Å². The monoisotopic (exact) mass is 431 g/mol. The van der Waals surface area contributed by atoms with Crippen LogP contribution in [0, 0.1) is 0 Å². The number of hydrogen-bond donors (Lipinski definition) is 0. The molecule has 0 unspecified atom stereocenters. The lowest BCUT2D eigenvalue weighted by molar-refractivity contribution is 1.14. The number of hydrogen-bond acceptors (Lipinski definition) is 0. The van der Waals surface area contributed by atoms with Gasteiger partial charge in [-0.1, -0.05) is 132 Å². The first-order valence-corrected chi connectivity index (χ1v) is 11.8. The van der Waals surface area contributed by atoms with E-state index in [4.69, 9.17) is 0 Å². The fourth-order valence-corrected chi connectivity index (χ4v) is 5.73. The molecule has 0 atom stereocenters. The topological polar surface area (TPSA) is 4.93 Å². The minimum Gasteiger partial charge on any atom is -0.309 e. The highest BCUT2D eigenvalue weighted by molar-refractivity contribution is 6.97. The molecule has 0 bridgehead atoms. The first-order valence-electron chi connectivity index (χ1n) is 11.8. The Morgan fingerprint density at radius 1 is 0.471 bits per heavy atom. The molecule has 1 aromatic heterocycles. The average molecular weight is 431 g/mol. The zero-order valence-electron chi connectivity index (χ0n) is 18.7. The molecule has 1 nitrogen and oxygen atoms in total. The number of rotatable bonds is 2. The van der Waals surface area contributed by atoms with Crippen LogP contribution >= 0.6 is 0 Å². The molecule has 0 aliphatic carbocycles. The molecule has 158 valence electrons. The summed E-state index contributed by atoms with van der Waals surface area (Å²) in [7, 11) is 0. The number of para-hydroxylation sites is 2. The molecule has 0 saturated carbocycles. The van der Waals surface area contributed by atoms with Crippen LogP contribution in [0.1, 0.15) is 0 Å². The second-order valence-electron chi connectivity index (χ2n) is 8.93. The fraction of sp³-hybridized carbons (Fsp3) is 0. The van der Waals surface area contributed by atoms with Gasteiger partial charge in [0, 0.05) is 16.6 Å². The van der Waals surface area contributed by atoms with Crippen molar-refractivity contribution in [1.29, 1.82) is 0 Å². The largest absolute Gasteiger partial charge is 0.309 e. The lowest BCUT2D eigenvalue weighted by Crippen LogP contribution is -2.52. The van der Waals surface area contributed by atoms with Gasteiger partial charge in [-0.3, -0.25) is 0 Å². The Kier molecular flexibility index (Phi) is 4.31. The van der Waals surface area contributed by atoms with Crippen molar-refractivity contribution in [2.45, 2.75) is 0 Å². The van der Waals surface area contributed by atoms with Gasteiger partial charge in [0.05, 0.1) is 11.2 Å². The third-order valence-electron chi connectivity index (χ3n) is 7.09. The molecule has 0 fully saturated rings. The number of aromatic nitrogens is 1. The average Bonchev–Trinajstić information content (AvgIpc) is 3.19.